The van der Waals surface area contributed by atoms with Crippen molar-refractivity contribution < 1.29 is 10.0 Å². The predicted octanol–water partition coefficient (Wildman–Crippen LogP) is 6.22. The number of non-ortho nitro benzene ring substituents is 1. The Bertz CT molecular complexity index is 1020. The van der Waals surface area contributed by atoms with Crippen LogP contribution in [0.15, 0.2) is 36.4 Å². The van der Waals surface area contributed by atoms with Gasteiger partial charge in [-0.2, -0.15) is 0 Å². The SMILES string of the molecule is CC(C)c1ccc2c(c1)CC[C@@H]1[C@](C)(CNCc3cc([N+](=O)[O-])ccc3O)CCC[C@@]21C. The van der Waals surface area contributed by atoms with Crippen LogP contribution in [0.3, 0.4) is 0 Å². The van der Waals surface area contributed by atoms with Gasteiger partial charge in [0.2, 0.25) is 0 Å². The summed E-state index contributed by atoms with van der Waals surface area (Å²) in [6.07, 6.45) is 5.95. The molecule has 2 aliphatic carbocycles. The molecule has 2 aromatic carbocycles. The molecule has 172 valence electrons. The molecular weight excluding hydrogens is 400 g/mol. The van der Waals surface area contributed by atoms with Gasteiger partial charge in [-0.15, -0.1) is 0 Å². The summed E-state index contributed by atoms with van der Waals surface area (Å²) in [4.78, 5) is 10.7. The Balaban J connectivity index is 1.52. The monoisotopic (exact) mass is 436 g/mol. The molecule has 2 N–H and O–H groups in total. The summed E-state index contributed by atoms with van der Waals surface area (Å²) in [5, 5.41) is 24.8. The van der Waals surface area contributed by atoms with Gasteiger partial charge in [0.1, 0.15) is 5.75 Å². The molecule has 0 aliphatic heterocycles. The number of phenolic OH excluding ortho intramolecular Hbond substituents is 1. The summed E-state index contributed by atoms with van der Waals surface area (Å²) in [5.74, 6) is 1.25. The van der Waals surface area contributed by atoms with Gasteiger partial charge in [0, 0.05) is 30.8 Å². The Morgan fingerprint density at radius 1 is 1.19 bits per heavy atom. The fraction of sp³-hybridized carbons (Fsp3) is 0.556. The van der Waals surface area contributed by atoms with E-state index in [2.05, 4.69) is 51.2 Å². The van der Waals surface area contributed by atoms with E-state index in [0.717, 1.165) is 13.0 Å². The van der Waals surface area contributed by atoms with E-state index in [-0.39, 0.29) is 22.3 Å². The lowest BCUT2D eigenvalue weighted by Gasteiger charge is -2.55. The van der Waals surface area contributed by atoms with E-state index in [1.54, 1.807) is 5.56 Å². The average Bonchev–Trinajstić information content (AvgIpc) is 2.74. The van der Waals surface area contributed by atoms with Crippen LogP contribution < -0.4 is 5.32 Å². The first-order valence-corrected chi connectivity index (χ1v) is 11.9. The number of phenols is 1. The predicted molar refractivity (Wildman–Crippen MR) is 128 cm³/mol. The molecule has 3 atom stereocenters. The summed E-state index contributed by atoms with van der Waals surface area (Å²) < 4.78 is 0. The number of benzene rings is 2. The van der Waals surface area contributed by atoms with Gasteiger partial charge in [0.15, 0.2) is 0 Å². The fourth-order valence-electron chi connectivity index (χ4n) is 6.52. The molecule has 5 heteroatoms. The Hall–Kier alpha value is -2.40. The topological polar surface area (TPSA) is 75.4 Å². The summed E-state index contributed by atoms with van der Waals surface area (Å²) in [6.45, 7) is 10.7. The van der Waals surface area contributed by atoms with Crippen molar-refractivity contribution in [2.45, 2.75) is 77.7 Å². The number of rotatable bonds is 6. The van der Waals surface area contributed by atoms with E-state index in [9.17, 15) is 15.2 Å². The maximum atomic E-state index is 11.1. The summed E-state index contributed by atoms with van der Waals surface area (Å²) in [7, 11) is 0. The van der Waals surface area contributed by atoms with E-state index < -0.39 is 4.92 Å². The summed E-state index contributed by atoms with van der Waals surface area (Å²) in [5.41, 5.74) is 5.44. The molecule has 0 unspecified atom stereocenters. The Kier molecular flexibility index (Phi) is 6.06. The van der Waals surface area contributed by atoms with Crippen LogP contribution in [0.1, 0.15) is 81.5 Å². The van der Waals surface area contributed by atoms with Crippen LogP contribution in [0.25, 0.3) is 0 Å². The minimum atomic E-state index is -0.416. The van der Waals surface area contributed by atoms with Crippen LogP contribution in [-0.2, 0) is 18.4 Å². The first kappa shape index (κ1) is 22.8. The summed E-state index contributed by atoms with van der Waals surface area (Å²) in [6, 6.07) is 11.4. The first-order chi connectivity index (χ1) is 15.1. The van der Waals surface area contributed by atoms with Gasteiger partial charge < -0.3 is 10.4 Å². The van der Waals surface area contributed by atoms with E-state index in [0.29, 0.717) is 23.9 Å². The number of hydrogen-bond acceptors (Lipinski definition) is 4. The van der Waals surface area contributed by atoms with Crippen molar-refractivity contribution in [1.82, 2.24) is 5.32 Å². The van der Waals surface area contributed by atoms with E-state index in [1.807, 2.05) is 0 Å². The number of nitro groups is 1. The third kappa shape index (κ3) is 4.03. The molecule has 0 bridgehead atoms. The van der Waals surface area contributed by atoms with Crippen LogP contribution in [0.2, 0.25) is 0 Å². The van der Waals surface area contributed by atoms with Crippen LogP contribution in [-0.4, -0.2) is 16.6 Å². The zero-order valence-electron chi connectivity index (χ0n) is 19.8. The molecule has 4 rings (SSSR count). The molecule has 0 saturated heterocycles. The smallest absolute Gasteiger partial charge is 0.270 e. The fourth-order valence-corrected chi connectivity index (χ4v) is 6.52. The number of aromatic hydroxyl groups is 1. The molecule has 1 fully saturated rings. The van der Waals surface area contributed by atoms with Gasteiger partial charge in [0.25, 0.3) is 5.69 Å². The largest absolute Gasteiger partial charge is 0.508 e. The average molecular weight is 437 g/mol. The van der Waals surface area contributed by atoms with Gasteiger partial charge in [-0.05, 0) is 71.1 Å². The van der Waals surface area contributed by atoms with Crippen molar-refractivity contribution in [3.8, 4) is 5.75 Å². The number of aryl methyl sites for hydroxylation is 1. The normalized spacial score (nSPS) is 27.1. The van der Waals surface area contributed by atoms with E-state index in [1.165, 1.54) is 55.0 Å². The number of nitrogens with zero attached hydrogens (tertiary/aromatic N) is 1. The molecule has 2 aliphatic rings. The van der Waals surface area contributed by atoms with Gasteiger partial charge in [-0.25, -0.2) is 0 Å². The van der Waals surface area contributed by atoms with Gasteiger partial charge in [0.05, 0.1) is 4.92 Å². The standard InChI is InChI=1S/C27H36N2O3/c1-18(2)19-6-9-23-20(14-19)7-11-25-26(3,12-5-13-27(23,25)4)17-28-16-21-15-22(29(31)32)8-10-24(21)30/h6,8-10,14-15,18,25,28,30H,5,7,11-13,16-17H2,1-4H3/t25-,26+,27+/m1/s1. The van der Waals surface area contributed by atoms with Crippen LogP contribution >= 0.6 is 0 Å². The Morgan fingerprint density at radius 3 is 2.69 bits per heavy atom. The number of nitro benzene ring substituents is 1. The highest BCUT2D eigenvalue weighted by Gasteiger charge is 2.51. The van der Waals surface area contributed by atoms with Crippen LogP contribution in [0, 0.1) is 21.4 Å². The Labute approximate surface area is 191 Å². The number of nitrogens with one attached hydrogen (secondary N) is 1. The molecule has 32 heavy (non-hydrogen) atoms. The maximum Gasteiger partial charge on any atom is 0.270 e. The van der Waals surface area contributed by atoms with Gasteiger partial charge >= 0.3 is 0 Å². The minimum absolute atomic E-state index is 0.0145. The third-order valence-corrected chi connectivity index (χ3v) is 8.29. The zero-order valence-corrected chi connectivity index (χ0v) is 19.8. The quantitative estimate of drug-likeness (QED) is 0.416. The van der Waals surface area contributed by atoms with E-state index in [4.69, 9.17) is 0 Å². The van der Waals surface area contributed by atoms with Crippen molar-refractivity contribution in [2.24, 2.45) is 11.3 Å². The number of hydrogen-bond donors (Lipinski definition) is 2. The highest BCUT2D eigenvalue weighted by atomic mass is 16.6. The lowest BCUT2D eigenvalue weighted by atomic mass is 9.49. The minimum Gasteiger partial charge on any atom is -0.508 e. The summed E-state index contributed by atoms with van der Waals surface area (Å²) >= 11 is 0. The molecule has 5 nitrogen and oxygen atoms in total. The lowest BCUT2D eigenvalue weighted by molar-refractivity contribution is -0.384. The second-order valence-corrected chi connectivity index (χ2v) is 10.8. The number of fused-ring (bicyclic) bond motifs is 3. The van der Waals surface area contributed by atoms with Gasteiger partial charge in [-0.3, -0.25) is 10.1 Å². The van der Waals surface area contributed by atoms with Gasteiger partial charge in [-0.1, -0.05) is 52.3 Å². The van der Waals surface area contributed by atoms with Crippen molar-refractivity contribution in [1.29, 1.82) is 0 Å². The van der Waals surface area contributed by atoms with Crippen molar-refractivity contribution in [2.75, 3.05) is 6.54 Å². The molecule has 0 amide bonds. The molecule has 2 aromatic rings. The van der Waals surface area contributed by atoms with Crippen molar-refractivity contribution in [3.05, 3.63) is 68.8 Å². The molecular formula is C27H36N2O3. The second-order valence-electron chi connectivity index (χ2n) is 10.8. The van der Waals surface area contributed by atoms with Crippen LogP contribution in [0.4, 0.5) is 5.69 Å². The van der Waals surface area contributed by atoms with Crippen molar-refractivity contribution >= 4 is 5.69 Å². The lowest BCUT2D eigenvalue weighted by Crippen LogP contribution is -2.52. The van der Waals surface area contributed by atoms with Crippen LogP contribution in [0.5, 0.6) is 5.75 Å². The highest BCUT2D eigenvalue weighted by molar-refractivity contribution is 5.43. The van der Waals surface area contributed by atoms with E-state index >= 15 is 0 Å². The molecule has 0 heterocycles. The second kappa shape index (κ2) is 8.51. The maximum absolute atomic E-state index is 11.1. The van der Waals surface area contributed by atoms with Crippen molar-refractivity contribution in [3.63, 3.8) is 0 Å². The highest BCUT2D eigenvalue weighted by Crippen LogP contribution is 2.57. The molecule has 0 aromatic heterocycles. The first-order valence-electron chi connectivity index (χ1n) is 11.9. The molecule has 0 spiro atoms. The Morgan fingerprint density at radius 2 is 1.97 bits per heavy atom. The third-order valence-electron chi connectivity index (χ3n) is 8.29. The molecule has 1 saturated carbocycles. The zero-order chi connectivity index (χ0) is 23.1. The molecule has 0 radical (unpaired) electrons.